The number of carboxylic acids is 1. The molecule has 1 aliphatic rings. The van der Waals surface area contributed by atoms with Gasteiger partial charge >= 0.3 is 5.97 Å². The zero-order valence-corrected chi connectivity index (χ0v) is 9.65. The molecule has 0 spiro atoms. The number of carboxylic acid groups (broad SMARTS) is 1. The number of benzene rings is 1. The van der Waals surface area contributed by atoms with Crippen molar-refractivity contribution in [3.63, 3.8) is 0 Å². The van der Waals surface area contributed by atoms with Crippen LogP contribution in [0.2, 0.25) is 0 Å². The Kier molecular flexibility index (Phi) is 3.28. The first kappa shape index (κ1) is 11.2. The van der Waals surface area contributed by atoms with Gasteiger partial charge in [0.15, 0.2) is 0 Å². The van der Waals surface area contributed by atoms with Gasteiger partial charge in [-0.25, -0.2) is 0 Å². The number of hydrogen-bond donors (Lipinski definition) is 1. The molecule has 0 heterocycles. The minimum Gasteiger partial charge on any atom is -0.481 e. The maximum atomic E-state index is 10.6. The molecule has 2 rings (SSSR count). The predicted octanol–water partition coefficient (Wildman–Crippen LogP) is 3.35. The van der Waals surface area contributed by atoms with Crippen LogP contribution in [0.4, 0.5) is 0 Å². The van der Waals surface area contributed by atoms with Gasteiger partial charge in [0.05, 0.1) is 0 Å². The van der Waals surface area contributed by atoms with Gasteiger partial charge < -0.3 is 5.11 Å². The van der Waals surface area contributed by atoms with Crippen molar-refractivity contribution in [2.75, 3.05) is 0 Å². The summed E-state index contributed by atoms with van der Waals surface area (Å²) in [5.74, 6) is 0.295. The lowest BCUT2D eigenvalue weighted by molar-refractivity contribution is -0.138. The third kappa shape index (κ3) is 2.63. The van der Waals surface area contributed by atoms with Crippen LogP contribution in [0.1, 0.15) is 42.7 Å². The van der Waals surface area contributed by atoms with Crippen LogP contribution in [0.25, 0.3) is 0 Å². The Bertz CT molecular complexity index is 367. The molecule has 16 heavy (non-hydrogen) atoms. The van der Waals surface area contributed by atoms with Crippen molar-refractivity contribution in [1.29, 1.82) is 0 Å². The molecular weight excluding hydrogens is 200 g/mol. The lowest BCUT2D eigenvalue weighted by Crippen LogP contribution is -2.04. The van der Waals surface area contributed by atoms with Gasteiger partial charge in [-0.1, -0.05) is 29.8 Å². The Morgan fingerprint density at radius 3 is 2.62 bits per heavy atom. The predicted molar refractivity (Wildman–Crippen MR) is 63.5 cm³/mol. The Morgan fingerprint density at radius 1 is 1.31 bits per heavy atom. The van der Waals surface area contributed by atoms with E-state index in [0.29, 0.717) is 18.3 Å². The summed E-state index contributed by atoms with van der Waals surface area (Å²) >= 11 is 0. The standard InChI is InChI=1S/C14H18O2/c1-10-2-5-12(6-3-10)13-7-4-11(8-13)9-14(15)16/h2-3,5-6,11,13H,4,7-9H2,1H3,(H,15,16). The number of aliphatic carboxylic acids is 1. The van der Waals surface area contributed by atoms with Crippen LogP contribution in [0.5, 0.6) is 0 Å². The van der Waals surface area contributed by atoms with E-state index >= 15 is 0 Å². The molecule has 1 saturated carbocycles. The molecule has 1 aliphatic carbocycles. The van der Waals surface area contributed by atoms with Crippen molar-refractivity contribution in [3.05, 3.63) is 35.4 Å². The monoisotopic (exact) mass is 218 g/mol. The summed E-state index contributed by atoms with van der Waals surface area (Å²) in [6.07, 6.45) is 3.57. The number of carbonyl (C=O) groups is 1. The minimum absolute atomic E-state index is 0.336. The zero-order valence-electron chi connectivity index (χ0n) is 9.65. The molecule has 2 nitrogen and oxygen atoms in total. The van der Waals surface area contributed by atoms with E-state index in [9.17, 15) is 4.79 Å². The second-order valence-corrected chi connectivity index (χ2v) is 4.88. The molecule has 0 bridgehead atoms. The zero-order chi connectivity index (χ0) is 11.5. The SMILES string of the molecule is Cc1ccc(C2CCC(CC(=O)O)C2)cc1. The van der Waals surface area contributed by atoms with Crippen molar-refractivity contribution in [1.82, 2.24) is 0 Å². The van der Waals surface area contributed by atoms with E-state index in [0.717, 1.165) is 19.3 Å². The summed E-state index contributed by atoms with van der Waals surface area (Å²) in [5, 5.41) is 8.77. The molecule has 1 aromatic rings. The van der Waals surface area contributed by atoms with Crippen LogP contribution < -0.4 is 0 Å². The highest BCUT2D eigenvalue weighted by Gasteiger charge is 2.27. The van der Waals surface area contributed by atoms with E-state index in [1.54, 1.807) is 0 Å². The fourth-order valence-electron chi connectivity index (χ4n) is 2.65. The number of hydrogen-bond acceptors (Lipinski definition) is 1. The lowest BCUT2D eigenvalue weighted by atomic mass is 9.95. The van der Waals surface area contributed by atoms with Crippen molar-refractivity contribution < 1.29 is 9.90 Å². The van der Waals surface area contributed by atoms with Gasteiger partial charge in [0.1, 0.15) is 0 Å². The highest BCUT2D eigenvalue weighted by Crippen LogP contribution is 2.39. The van der Waals surface area contributed by atoms with Crippen molar-refractivity contribution >= 4 is 5.97 Å². The van der Waals surface area contributed by atoms with E-state index in [-0.39, 0.29) is 0 Å². The van der Waals surface area contributed by atoms with Gasteiger partial charge in [0.25, 0.3) is 0 Å². The van der Waals surface area contributed by atoms with Gasteiger partial charge in [0.2, 0.25) is 0 Å². The third-order valence-corrected chi connectivity index (χ3v) is 3.55. The topological polar surface area (TPSA) is 37.3 Å². The van der Waals surface area contributed by atoms with Gasteiger partial charge in [-0.2, -0.15) is 0 Å². The highest BCUT2D eigenvalue weighted by atomic mass is 16.4. The van der Waals surface area contributed by atoms with E-state index < -0.39 is 5.97 Å². The molecule has 2 unspecified atom stereocenters. The van der Waals surface area contributed by atoms with Crippen LogP contribution in [0.15, 0.2) is 24.3 Å². The van der Waals surface area contributed by atoms with Crippen molar-refractivity contribution in [2.24, 2.45) is 5.92 Å². The smallest absolute Gasteiger partial charge is 0.303 e. The summed E-state index contributed by atoms with van der Waals surface area (Å²) in [4.78, 5) is 10.6. The normalized spacial score (nSPS) is 24.6. The molecule has 0 amide bonds. The molecule has 0 radical (unpaired) electrons. The van der Waals surface area contributed by atoms with E-state index in [4.69, 9.17) is 5.11 Å². The van der Waals surface area contributed by atoms with Crippen LogP contribution in [-0.2, 0) is 4.79 Å². The molecule has 0 saturated heterocycles. The Hall–Kier alpha value is -1.31. The first-order valence-corrected chi connectivity index (χ1v) is 5.93. The molecule has 0 aliphatic heterocycles. The van der Waals surface area contributed by atoms with Gasteiger partial charge in [-0.05, 0) is 43.6 Å². The minimum atomic E-state index is -0.658. The largest absolute Gasteiger partial charge is 0.481 e. The molecule has 86 valence electrons. The first-order chi connectivity index (χ1) is 7.65. The fraction of sp³-hybridized carbons (Fsp3) is 0.500. The third-order valence-electron chi connectivity index (χ3n) is 3.55. The summed E-state index contributed by atoms with van der Waals surface area (Å²) in [6.45, 7) is 2.09. The van der Waals surface area contributed by atoms with Crippen LogP contribution in [0.3, 0.4) is 0 Å². The molecule has 2 atom stereocenters. The Balaban J connectivity index is 1.98. The van der Waals surface area contributed by atoms with Crippen molar-refractivity contribution in [3.8, 4) is 0 Å². The highest BCUT2D eigenvalue weighted by molar-refractivity contribution is 5.67. The average Bonchev–Trinajstić information content (AvgIpc) is 2.66. The Labute approximate surface area is 96.3 Å². The van der Waals surface area contributed by atoms with Gasteiger partial charge in [0, 0.05) is 6.42 Å². The van der Waals surface area contributed by atoms with Crippen molar-refractivity contribution in [2.45, 2.75) is 38.5 Å². The average molecular weight is 218 g/mol. The first-order valence-electron chi connectivity index (χ1n) is 5.93. The van der Waals surface area contributed by atoms with E-state index in [2.05, 4.69) is 31.2 Å². The summed E-state index contributed by atoms with van der Waals surface area (Å²) in [5.41, 5.74) is 2.65. The van der Waals surface area contributed by atoms with Gasteiger partial charge in [-0.15, -0.1) is 0 Å². The van der Waals surface area contributed by atoms with Crippen LogP contribution >= 0.6 is 0 Å². The molecular formula is C14H18O2. The molecule has 2 heteroatoms. The maximum Gasteiger partial charge on any atom is 0.303 e. The van der Waals surface area contributed by atoms with Crippen LogP contribution in [0, 0.1) is 12.8 Å². The summed E-state index contributed by atoms with van der Waals surface area (Å²) in [7, 11) is 0. The summed E-state index contributed by atoms with van der Waals surface area (Å²) < 4.78 is 0. The second-order valence-electron chi connectivity index (χ2n) is 4.88. The van der Waals surface area contributed by atoms with E-state index in [1.807, 2.05) is 0 Å². The molecule has 1 fully saturated rings. The lowest BCUT2D eigenvalue weighted by Gasteiger charge is -2.10. The second kappa shape index (κ2) is 4.69. The van der Waals surface area contributed by atoms with E-state index in [1.165, 1.54) is 11.1 Å². The van der Waals surface area contributed by atoms with Gasteiger partial charge in [-0.3, -0.25) is 4.79 Å². The molecule has 1 N–H and O–H groups in total. The maximum absolute atomic E-state index is 10.6. The number of aryl methyl sites for hydroxylation is 1. The quantitative estimate of drug-likeness (QED) is 0.844. The summed E-state index contributed by atoms with van der Waals surface area (Å²) in [6, 6.07) is 8.64. The molecule has 0 aromatic heterocycles. The number of rotatable bonds is 3. The fourth-order valence-corrected chi connectivity index (χ4v) is 2.65. The molecule has 1 aromatic carbocycles. The van der Waals surface area contributed by atoms with Crippen LogP contribution in [-0.4, -0.2) is 11.1 Å². The Morgan fingerprint density at radius 2 is 2.00 bits per heavy atom.